The Hall–Kier alpha value is -1.69. The molecule has 1 saturated heterocycles. The molecule has 1 fully saturated rings. The van der Waals surface area contributed by atoms with Gasteiger partial charge in [-0.3, -0.25) is 9.59 Å². The average molecular weight is 251 g/mol. The average Bonchev–Trinajstić information content (AvgIpc) is 2.41. The Morgan fingerprint density at radius 1 is 1.50 bits per heavy atom. The zero-order valence-electron chi connectivity index (χ0n) is 10.4. The third-order valence-corrected chi connectivity index (χ3v) is 3.28. The van der Waals surface area contributed by atoms with Crippen molar-refractivity contribution < 1.29 is 9.90 Å². The summed E-state index contributed by atoms with van der Waals surface area (Å²) in [6, 6.07) is 2.64. The summed E-state index contributed by atoms with van der Waals surface area (Å²) in [6.45, 7) is 0.603. The van der Waals surface area contributed by atoms with Gasteiger partial charge in [0, 0.05) is 19.7 Å². The first-order chi connectivity index (χ1) is 8.63. The van der Waals surface area contributed by atoms with E-state index in [1.54, 1.807) is 4.90 Å². The molecule has 0 radical (unpaired) electrons. The molecule has 1 aromatic heterocycles. The summed E-state index contributed by atoms with van der Waals surface area (Å²) >= 11 is 0. The monoisotopic (exact) mass is 251 g/mol. The molecule has 1 N–H and O–H groups in total. The molecule has 1 atom stereocenters. The number of hydrogen-bond donors (Lipinski definition) is 1. The van der Waals surface area contributed by atoms with Crippen molar-refractivity contribution in [3.05, 3.63) is 28.2 Å². The highest BCUT2D eigenvalue weighted by molar-refractivity contribution is 5.92. The summed E-state index contributed by atoms with van der Waals surface area (Å²) in [6.07, 6.45) is 2.78. The second kappa shape index (κ2) is 5.30. The SMILES string of the molecule is Cn1nc(C(=O)N2CCCCC2CO)ccc1=O. The van der Waals surface area contributed by atoms with Crippen LogP contribution in [0.15, 0.2) is 16.9 Å². The minimum absolute atomic E-state index is 0.0303. The predicted octanol–water partition coefficient (Wildman–Crippen LogP) is -0.233. The molecule has 18 heavy (non-hydrogen) atoms. The first kappa shape index (κ1) is 12.8. The Labute approximate surface area is 105 Å². The number of aryl methyl sites for hydroxylation is 1. The van der Waals surface area contributed by atoms with Crippen molar-refractivity contribution in [2.24, 2.45) is 7.05 Å². The maximum absolute atomic E-state index is 12.3. The van der Waals surface area contributed by atoms with Crippen LogP contribution < -0.4 is 5.56 Å². The van der Waals surface area contributed by atoms with Crippen LogP contribution in [0.1, 0.15) is 29.8 Å². The zero-order valence-corrected chi connectivity index (χ0v) is 10.4. The quantitative estimate of drug-likeness (QED) is 0.787. The van der Waals surface area contributed by atoms with Crippen molar-refractivity contribution in [1.82, 2.24) is 14.7 Å². The van der Waals surface area contributed by atoms with Gasteiger partial charge in [-0.1, -0.05) is 0 Å². The summed E-state index contributed by atoms with van der Waals surface area (Å²) in [5.41, 5.74) is 0.00125. The number of piperidine rings is 1. The molecule has 2 rings (SSSR count). The van der Waals surface area contributed by atoms with Crippen LogP contribution >= 0.6 is 0 Å². The van der Waals surface area contributed by atoms with E-state index in [1.807, 2.05) is 0 Å². The summed E-state index contributed by atoms with van der Waals surface area (Å²) in [4.78, 5) is 25.1. The van der Waals surface area contributed by atoms with E-state index < -0.39 is 0 Å². The van der Waals surface area contributed by atoms with Crippen LogP contribution in [-0.2, 0) is 7.05 Å². The van der Waals surface area contributed by atoms with Gasteiger partial charge in [-0.25, -0.2) is 4.68 Å². The summed E-state index contributed by atoms with van der Waals surface area (Å²) in [7, 11) is 1.51. The fourth-order valence-electron chi connectivity index (χ4n) is 2.22. The lowest BCUT2D eigenvalue weighted by Crippen LogP contribution is -2.46. The smallest absolute Gasteiger partial charge is 0.274 e. The van der Waals surface area contributed by atoms with Gasteiger partial charge >= 0.3 is 0 Å². The van der Waals surface area contributed by atoms with Crippen LogP contribution in [0.4, 0.5) is 0 Å². The molecular formula is C12H17N3O3. The molecule has 6 heteroatoms. The Kier molecular flexibility index (Phi) is 3.76. The first-order valence-electron chi connectivity index (χ1n) is 6.09. The van der Waals surface area contributed by atoms with Crippen LogP contribution in [0.25, 0.3) is 0 Å². The Balaban J connectivity index is 2.23. The van der Waals surface area contributed by atoms with Gasteiger partial charge in [0.15, 0.2) is 0 Å². The molecule has 1 aliphatic heterocycles. The molecule has 0 bridgehead atoms. The minimum atomic E-state index is -0.246. The third-order valence-electron chi connectivity index (χ3n) is 3.28. The van der Waals surface area contributed by atoms with Crippen molar-refractivity contribution in [1.29, 1.82) is 0 Å². The molecule has 0 spiro atoms. The summed E-state index contributed by atoms with van der Waals surface area (Å²) < 4.78 is 1.14. The third kappa shape index (κ3) is 2.43. The number of nitrogens with zero attached hydrogens (tertiary/aromatic N) is 3. The number of carbonyl (C=O) groups is 1. The van der Waals surface area contributed by atoms with E-state index in [-0.39, 0.29) is 29.8 Å². The molecular weight excluding hydrogens is 234 g/mol. The first-order valence-corrected chi connectivity index (χ1v) is 6.09. The van der Waals surface area contributed by atoms with Crippen molar-refractivity contribution in [3.8, 4) is 0 Å². The van der Waals surface area contributed by atoms with E-state index in [4.69, 9.17) is 0 Å². The Morgan fingerprint density at radius 3 is 2.94 bits per heavy atom. The van der Waals surface area contributed by atoms with Crippen LogP contribution in [0.5, 0.6) is 0 Å². The molecule has 2 heterocycles. The molecule has 1 amide bonds. The van der Waals surface area contributed by atoms with Crippen LogP contribution in [-0.4, -0.2) is 44.9 Å². The molecule has 0 saturated carbocycles. The molecule has 0 aromatic carbocycles. The number of likely N-dealkylation sites (tertiary alicyclic amines) is 1. The van der Waals surface area contributed by atoms with Crippen molar-refractivity contribution in [3.63, 3.8) is 0 Å². The molecule has 6 nitrogen and oxygen atoms in total. The number of aliphatic hydroxyl groups is 1. The second-order valence-electron chi connectivity index (χ2n) is 4.51. The van der Waals surface area contributed by atoms with Gasteiger partial charge < -0.3 is 10.0 Å². The van der Waals surface area contributed by atoms with E-state index in [0.29, 0.717) is 6.54 Å². The minimum Gasteiger partial charge on any atom is -0.394 e. The van der Waals surface area contributed by atoms with Crippen molar-refractivity contribution >= 4 is 5.91 Å². The number of carbonyl (C=O) groups excluding carboxylic acids is 1. The highest BCUT2D eigenvalue weighted by Gasteiger charge is 2.27. The normalized spacial score (nSPS) is 19.9. The lowest BCUT2D eigenvalue weighted by Gasteiger charge is -2.34. The molecule has 0 aliphatic carbocycles. The zero-order chi connectivity index (χ0) is 13.1. The van der Waals surface area contributed by atoms with Crippen molar-refractivity contribution in [2.45, 2.75) is 25.3 Å². The number of amides is 1. The Bertz CT molecular complexity index is 498. The lowest BCUT2D eigenvalue weighted by molar-refractivity contribution is 0.0495. The summed E-state index contributed by atoms with van der Waals surface area (Å²) in [5, 5.41) is 13.2. The van der Waals surface area contributed by atoms with E-state index in [0.717, 1.165) is 23.9 Å². The standard InChI is InChI=1S/C12H17N3O3/c1-14-11(17)6-5-10(13-14)12(18)15-7-3-2-4-9(15)8-16/h5-6,9,16H,2-4,7-8H2,1H3. The van der Waals surface area contributed by atoms with Gasteiger partial charge in [0.25, 0.3) is 11.5 Å². The molecule has 98 valence electrons. The van der Waals surface area contributed by atoms with Gasteiger partial charge in [0.1, 0.15) is 5.69 Å². The van der Waals surface area contributed by atoms with Crippen molar-refractivity contribution in [2.75, 3.05) is 13.2 Å². The number of aromatic nitrogens is 2. The maximum atomic E-state index is 12.3. The fraction of sp³-hybridized carbons (Fsp3) is 0.583. The number of aliphatic hydroxyl groups excluding tert-OH is 1. The fourth-order valence-corrected chi connectivity index (χ4v) is 2.22. The van der Waals surface area contributed by atoms with E-state index in [2.05, 4.69) is 5.10 Å². The predicted molar refractivity (Wildman–Crippen MR) is 65.2 cm³/mol. The second-order valence-corrected chi connectivity index (χ2v) is 4.51. The summed E-state index contributed by atoms with van der Waals surface area (Å²) in [5.74, 6) is -0.218. The Morgan fingerprint density at radius 2 is 2.28 bits per heavy atom. The lowest BCUT2D eigenvalue weighted by atomic mass is 10.0. The van der Waals surface area contributed by atoms with E-state index >= 15 is 0 Å². The number of hydrogen-bond acceptors (Lipinski definition) is 4. The van der Waals surface area contributed by atoms with Crippen LogP contribution in [0.3, 0.4) is 0 Å². The maximum Gasteiger partial charge on any atom is 0.274 e. The van der Waals surface area contributed by atoms with Gasteiger partial charge in [-0.05, 0) is 25.3 Å². The van der Waals surface area contributed by atoms with E-state index in [9.17, 15) is 14.7 Å². The van der Waals surface area contributed by atoms with E-state index in [1.165, 1.54) is 19.2 Å². The highest BCUT2D eigenvalue weighted by atomic mass is 16.3. The van der Waals surface area contributed by atoms with Gasteiger partial charge in [-0.15, -0.1) is 0 Å². The topological polar surface area (TPSA) is 75.4 Å². The number of rotatable bonds is 2. The van der Waals surface area contributed by atoms with Gasteiger partial charge in [-0.2, -0.15) is 5.10 Å². The largest absolute Gasteiger partial charge is 0.394 e. The van der Waals surface area contributed by atoms with Crippen LogP contribution in [0.2, 0.25) is 0 Å². The highest BCUT2D eigenvalue weighted by Crippen LogP contribution is 2.18. The molecule has 1 aromatic rings. The molecule has 1 unspecified atom stereocenters. The van der Waals surface area contributed by atoms with Crippen LogP contribution in [0, 0.1) is 0 Å². The van der Waals surface area contributed by atoms with Gasteiger partial charge in [0.05, 0.1) is 12.6 Å². The molecule has 1 aliphatic rings. The van der Waals surface area contributed by atoms with Gasteiger partial charge in [0.2, 0.25) is 0 Å².